The third kappa shape index (κ3) is 2.97. The number of nitrogens with zero attached hydrogens (tertiary/aromatic N) is 4. The van der Waals surface area contributed by atoms with E-state index in [9.17, 15) is 10.1 Å². The molecule has 1 aliphatic carbocycles. The summed E-state index contributed by atoms with van der Waals surface area (Å²) in [5.74, 6) is 1.13. The third-order valence-electron chi connectivity index (χ3n) is 4.58. The Hall–Kier alpha value is -3.39. The van der Waals surface area contributed by atoms with E-state index in [1.807, 2.05) is 35.7 Å². The second-order valence-electron chi connectivity index (χ2n) is 6.54. The van der Waals surface area contributed by atoms with Gasteiger partial charge in [0.05, 0.1) is 5.39 Å². The smallest absolute Gasteiger partial charge is 0.406 e. The molecule has 0 N–H and O–H groups in total. The van der Waals surface area contributed by atoms with Crippen molar-refractivity contribution in [2.45, 2.75) is 18.8 Å². The molecule has 0 bridgehead atoms. The van der Waals surface area contributed by atoms with Crippen molar-refractivity contribution in [2.75, 3.05) is 0 Å². The normalized spacial score (nSPS) is 13.6. The van der Waals surface area contributed by atoms with Crippen LogP contribution in [0.25, 0.3) is 21.3 Å². The molecule has 1 fully saturated rings. The minimum atomic E-state index is -0.554. The molecular weight excluding hydrogens is 376 g/mol. The first kappa shape index (κ1) is 16.8. The molecule has 3 heterocycles. The molecular formula is C20H14N4O3S. The highest BCUT2D eigenvalue weighted by Gasteiger charge is 2.29. The lowest BCUT2D eigenvalue weighted by Crippen LogP contribution is -2.00. The molecule has 4 aromatic rings. The first-order valence-corrected chi connectivity index (χ1v) is 9.70. The van der Waals surface area contributed by atoms with Crippen LogP contribution in [0.4, 0.5) is 5.82 Å². The fraction of sp³-hybridized carbons (Fsp3) is 0.150. The summed E-state index contributed by atoms with van der Waals surface area (Å²) >= 11 is 1.52. The second-order valence-corrected chi connectivity index (χ2v) is 7.40. The van der Waals surface area contributed by atoms with E-state index < -0.39 is 4.92 Å². The van der Waals surface area contributed by atoms with E-state index in [0.717, 1.165) is 40.0 Å². The zero-order valence-corrected chi connectivity index (χ0v) is 15.4. The predicted molar refractivity (Wildman–Crippen MR) is 106 cm³/mol. The average molecular weight is 390 g/mol. The van der Waals surface area contributed by atoms with Gasteiger partial charge in [-0.3, -0.25) is 0 Å². The van der Waals surface area contributed by atoms with Crippen LogP contribution in [-0.4, -0.2) is 19.9 Å². The van der Waals surface area contributed by atoms with Crippen molar-refractivity contribution < 1.29 is 9.66 Å². The number of benzene rings is 1. The Bertz CT molecular complexity index is 1190. The summed E-state index contributed by atoms with van der Waals surface area (Å²) in [5.41, 5.74) is 1.96. The minimum absolute atomic E-state index is 0.0689. The van der Waals surface area contributed by atoms with Gasteiger partial charge < -0.3 is 14.9 Å². The van der Waals surface area contributed by atoms with Crippen molar-refractivity contribution >= 4 is 27.4 Å². The van der Waals surface area contributed by atoms with Crippen LogP contribution < -0.4 is 4.74 Å². The van der Waals surface area contributed by atoms with Gasteiger partial charge in [-0.2, -0.15) is 4.98 Å². The molecule has 0 aliphatic heterocycles. The van der Waals surface area contributed by atoms with E-state index in [1.54, 1.807) is 6.07 Å². The Labute approximate surface area is 163 Å². The maximum Gasteiger partial charge on any atom is 0.406 e. The van der Waals surface area contributed by atoms with E-state index in [0.29, 0.717) is 11.8 Å². The minimum Gasteiger partial charge on any atom is -0.429 e. The maximum absolute atomic E-state index is 11.3. The van der Waals surface area contributed by atoms with Crippen LogP contribution in [0.15, 0.2) is 54.0 Å². The number of thiophene rings is 1. The maximum atomic E-state index is 11.3. The largest absolute Gasteiger partial charge is 0.429 e. The predicted octanol–water partition coefficient (Wildman–Crippen LogP) is 5.33. The van der Waals surface area contributed by atoms with Crippen molar-refractivity contribution in [3.05, 3.63) is 70.0 Å². The SMILES string of the molecule is O=[N+]([O-])c1ncccc1Oc1nc(C2CC2)nc2scc(-c3ccccc3)c12. The van der Waals surface area contributed by atoms with Crippen LogP contribution in [-0.2, 0) is 0 Å². The summed E-state index contributed by atoms with van der Waals surface area (Å²) in [6, 6.07) is 13.0. The molecule has 1 aromatic carbocycles. The fourth-order valence-electron chi connectivity index (χ4n) is 3.06. The quantitative estimate of drug-likeness (QED) is 0.338. The number of hydrogen-bond acceptors (Lipinski definition) is 7. The van der Waals surface area contributed by atoms with E-state index >= 15 is 0 Å². The Morgan fingerprint density at radius 3 is 2.68 bits per heavy atom. The van der Waals surface area contributed by atoms with Gasteiger partial charge in [-0.1, -0.05) is 30.3 Å². The van der Waals surface area contributed by atoms with Gasteiger partial charge in [0.15, 0.2) is 0 Å². The lowest BCUT2D eigenvalue weighted by atomic mass is 10.1. The van der Waals surface area contributed by atoms with Gasteiger partial charge in [0.2, 0.25) is 11.6 Å². The van der Waals surface area contributed by atoms with Crippen molar-refractivity contribution in [3.8, 4) is 22.8 Å². The lowest BCUT2D eigenvalue weighted by Gasteiger charge is -2.09. The Kier molecular flexibility index (Phi) is 3.98. The molecule has 0 atom stereocenters. The van der Waals surface area contributed by atoms with Gasteiger partial charge in [-0.15, -0.1) is 11.3 Å². The molecule has 0 unspecified atom stereocenters. The Morgan fingerprint density at radius 2 is 1.93 bits per heavy atom. The molecule has 5 rings (SSSR count). The zero-order valence-electron chi connectivity index (χ0n) is 14.6. The second kappa shape index (κ2) is 6.65. The molecule has 0 spiro atoms. The molecule has 0 saturated heterocycles. The van der Waals surface area contributed by atoms with E-state index in [2.05, 4.69) is 9.97 Å². The van der Waals surface area contributed by atoms with E-state index in [-0.39, 0.29) is 11.6 Å². The van der Waals surface area contributed by atoms with Gasteiger partial charge in [0.1, 0.15) is 16.9 Å². The van der Waals surface area contributed by atoms with Gasteiger partial charge >= 0.3 is 5.82 Å². The van der Waals surface area contributed by atoms with Crippen LogP contribution in [0.3, 0.4) is 0 Å². The van der Waals surface area contributed by atoms with E-state index in [4.69, 9.17) is 9.72 Å². The standard InChI is InChI=1S/C20H14N4O3S/c25-24(26)18-15(7-4-10-21-18)27-19-16-14(12-5-2-1-3-6-12)11-28-20(16)23-17(22-19)13-8-9-13/h1-7,10-11,13H,8-9H2. The first-order chi connectivity index (χ1) is 13.7. The van der Waals surface area contributed by atoms with Gasteiger partial charge in [0.25, 0.3) is 0 Å². The van der Waals surface area contributed by atoms with Gasteiger partial charge in [0, 0.05) is 16.9 Å². The molecule has 7 nitrogen and oxygen atoms in total. The number of rotatable bonds is 5. The number of fused-ring (bicyclic) bond motifs is 1. The zero-order chi connectivity index (χ0) is 19.1. The number of ether oxygens (including phenoxy) is 1. The molecule has 3 aromatic heterocycles. The summed E-state index contributed by atoms with van der Waals surface area (Å²) in [6.45, 7) is 0. The molecule has 28 heavy (non-hydrogen) atoms. The van der Waals surface area contributed by atoms with E-state index in [1.165, 1.54) is 23.6 Å². The van der Waals surface area contributed by atoms with Crippen molar-refractivity contribution in [1.82, 2.24) is 15.0 Å². The Balaban J connectivity index is 1.70. The molecule has 138 valence electrons. The van der Waals surface area contributed by atoms with Crippen LogP contribution in [0.5, 0.6) is 11.6 Å². The molecule has 8 heteroatoms. The van der Waals surface area contributed by atoms with Crippen molar-refractivity contribution in [2.24, 2.45) is 0 Å². The third-order valence-corrected chi connectivity index (χ3v) is 5.45. The lowest BCUT2D eigenvalue weighted by molar-refractivity contribution is -0.390. The summed E-state index contributed by atoms with van der Waals surface area (Å²) in [7, 11) is 0. The van der Waals surface area contributed by atoms with Crippen LogP contribution in [0.1, 0.15) is 24.6 Å². The van der Waals surface area contributed by atoms with Crippen molar-refractivity contribution in [3.63, 3.8) is 0 Å². The molecule has 1 aliphatic rings. The average Bonchev–Trinajstić information content (AvgIpc) is 3.48. The molecule has 0 amide bonds. The summed E-state index contributed by atoms with van der Waals surface area (Å²) in [5, 5.41) is 14.1. The highest BCUT2D eigenvalue weighted by Crippen LogP contribution is 2.44. The van der Waals surface area contributed by atoms with Crippen LogP contribution in [0.2, 0.25) is 0 Å². The molecule has 1 saturated carbocycles. The highest BCUT2D eigenvalue weighted by molar-refractivity contribution is 7.17. The fourth-order valence-corrected chi connectivity index (χ4v) is 4.00. The van der Waals surface area contributed by atoms with Crippen LogP contribution in [0, 0.1) is 10.1 Å². The summed E-state index contributed by atoms with van der Waals surface area (Å²) in [6.07, 6.45) is 3.47. The summed E-state index contributed by atoms with van der Waals surface area (Å²) < 4.78 is 5.97. The molecule has 0 radical (unpaired) electrons. The first-order valence-electron chi connectivity index (χ1n) is 8.82. The van der Waals surface area contributed by atoms with Gasteiger partial charge in [-0.25, -0.2) is 4.98 Å². The van der Waals surface area contributed by atoms with Crippen molar-refractivity contribution in [1.29, 1.82) is 0 Å². The number of pyridine rings is 1. The Morgan fingerprint density at radius 1 is 1.11 bits per heavy atom. The van der Waals surface area contributed by atoms with Gasteiger partial charge in [-0.05, 0) is 40.4 Å². The van der Waals surface area contributed by atoms with Crippen LogP contribution >= 0.6 is 11.3 Å². The number of aromatic nitrogens is 3. The summed E-state index contributed by atoms with van der Waals surface area (Å²) in [4.78, 5) is 24.8. The number of nitro groups is 1. The topological polar surface area (TPSA) is 91.0 Å². The number of hydrogen-bond donors (Lipinski definition) is 0. The highest BCUT2D eigenvalue weighted by atomic mass is 32.1. The monoisotopic (exact) mass is 390 g/mol.